The zero-order chi connectivity index (χ0) is 13.8. The molecule has 6 heteroatoms. The molecule has 1 saturated heterocycles. The molecule has 0 aromatic heterocycles. The van der Waals surface area contributed by atoms with Crippen LogP contribution in [0, 0.1) is 0 Å². The van der Waals surface area contributed by atoms with E-state index >= 15 is 0 Å². The fraction of sp³-hybridized carbons (Fsp3) is 0.462. The van der Waals surface area contributed by atoms with Crippen LogP contribution in [0.4, 0.5) is 0 Å². The van der Waals surface area contributed by atoms with Gasteiger partial charge in [-0.25, -0.2) is 0 Å². The second-order valence-corrected chi connectivity index (χ2v) is 5.35. The summed E-state index contributed by atoms with van der Waals surface area (Å²) in [5.41, 5.74) is 1.07. The van der Waals surface area contributed by atoms with Crippen LogP contribution in [0.1, 0.15) is 5.56 Å². The molecule has 0 radical (unpaired) electrons. The fourth-order valence-corrected chi connectivity index (χ4v) is 2.81. The first-order chi connectivity index (χ1) is 9.11. The topological polar surface area (TPSA) is 61.8 Å². The zero-order valence-electron chi connectivity index (χ0n) is 10.7. The van der Waals surface area contributed by atoms with Crippen LogP contribution in [-0.2, 0) is 11.3 Å². The molecule has 1 fully saturated rings. The summed E-state index contributed by atoms with van der Waals surface area (Å²) in [6, 6.07) is 5.36. The molecule has 0 spiro atoms. The minimum Gasteiger partial charge on any atom is -0.496 e. The number of rotatable bonds is 4. The Kier molecular flexibility index (Phi) is 4.79. The van der Waals surface area contributed by atoms with E-state index in [0.717, 1.165) is 28.9 Å². The molecule has 19 heavy (non-hydrogen) atoms. The quantitative estimate of drug-likeness (QED) is 0.872. The Labute approximate surface area is 120 Å². The largest absolute Gasteiger partial charge is 0.496 e. The van der Waals surface area contributed by atoms with Gasteiger partial charge < -0.3 is 15.2 Å². The second kappa shape index (κ2) is 6.36. The molecule has 1 unspecified atom stereocenters. The van der Waals surface area contributed by atoms with E-state index in [9.17, 15) is 9.90 Å². The van der Waals surface area contributed by atoms with Crippen molar-refractivity contribution in [3.63, 3.8) is 0 Å². The van der Waals surface area contributed by atoms with E-state index in [4.69, 9.17) is 4.74 Å². The van der Waals surface area contributed by atoms with E-state index in [0.29, 0.717) is 13.1 Å². The minimum atomic E-state index is -0.778. The molecule has 1 aromatic carbocycles. The van der Waals surface area contributed by atoms with Crippen LogP contribution in [-0.4, -0.2) is 48.8 Å². The summed E-state index contributed by atoms with van der Waals surface area (Å²) in [7, 11) is 1.62. The van der Waals surface area contributed by atoms with E-state index in [1.165, 1.54) is 0 Å². The first-order valence-electron chi connectivity index (χ1n) is 6.12. The first-order valence-corrected chi connectivity index (χ1v) is 6.91. The molecule has 2 N–H and O–H groups in total. The molecule has 1 atom stereocenters. The van der Waals surface area contributed by atoms with Gasteiger partial charge in [0.15, 0.2) is 0 Å². The number of halogens is 1. The number of carboxylic acids is 1. The zero-order valence-corrected chi connectivity index (χ0v) is 12.3. The molecule has 1 aromatic rings. The van der Waals surface area contributed by atoms with Crippen molar-refractivity contribution in [1.82, 2.24) is 10.2 Å². The molecular formula is C13H17BrN2O3. The van der Waals surface area contributed by atoms with Crippen molar-refractivity contribution in [2.24, 2.45) is 0 Å². The third-order valence-corrected chi connectivity index (χ3v) is 3.86. The maximum absolute atomic E-state index is 11.2. The highest BCUT2D eigenvalue weighted by Gasteiger charge is 2.28. The van der Waals surface area contributed by atoms with Crippen LogP contribution in [0.25, 0.3) is 0 Å². The Morgan fingerprint density at radius 1 is 1.63 bits per heavy atom. The third kappa shape index (κ3) is 3.46. The van der Waals surface area contributed by atoms with Gasteiger partial charge in [-0.2, -0.15) is 0 Å². The molecule has 104 valence electrons. The smallest absolute Gasteiger partial charge is 0.322 e. The van der Waals surface area contributed by atoms with Crippen molar-refractivity contribution in [3.05, 3.63) is 28.2 Å². The number of nitrogens with zero attached hydrogens (tertiary/aromatic N) is 1. The van der Waals surface area contributed by atoms with Gasteiger partial charge >= 0.3 is 5.97 Å². The molecule has 1 heterocycles. The number of hydrogen-bond donors (Lipinski definition) is 2. The molecule has 0 amide bonds. The Balaban J connectivity index is 2.10. The summed E-state index contributed by atoms with van der Waals surface area (Å²) >= 11 is 3.44. The highest BCUT2D eigenvalue weighted by atomic mass is 79.9. The van der Waals surface area contributed by atoms with Gasteiger partial charge in [0.25, 0.3) is 0 Å². The first kappa shape index (κ1) is 14.3. The number of ether oxygens (including phenoxy) is 1. The standard InChI is InChI=1S/C13H17BrN2O3/c1-19-12-3-2-9(6-10(12)14)8-16-5-4-15-7-11(16)13(17)18/h2-3,6,11,15H,4-5,7-8H2,1H3,(H,17,18). The van der Waals surface area contributed by atoms with Gasteiger partial charge in [0, 0.05) is 26.2 Å². The SMILES string of the molecule is COc1ccc(CN2CCNCC2C(=O)O)cc1Br. The average molecular weight is 329 g/mol. The Hall–Kier alpha value is -1.11. The van der Waals surface area contributed by atoms with Gasteiger partial charge in [-0.1, -0.05) is 6.07 Å². The molecular weight excluding hydrogens is 312 g/mol. The van der Waals surface area contributed by atoms with Crippen LogP contribution >= 0.6 is 15.9 Å². The Bertz CT molecular complexity index is 467. The molecule has 0 saturated carbocycles. The summed E-state index contributed by atoms with van der Waals surface area (Å²) in [4.78, 5) is 13.2. The predicted octanol–water partition coefficient (Wildman–Crippen LogP) is 1.32. The van der Waals surface area contributed by atoms with E-state index < -0.39 is 12.0 Å². The van der Waals surface area contributed by atoms with Crippen LogP contribution < -0.4 is 10.1 Å². The second-order valence-electron chi connectivity index (χ2n) is 4.50. The monoisotopic (exact) mass is 328 g/mol. The predicted molar refractivity (Wildman–Crippen MR) is 75.4 cm³/mol. The number of hydrogen-bond acceptors (Lipinski definition) is 4. The average Bonchev–Trinajstić information content (AvgIpc) is 2.39. The number of nitrogens with one attached hydrogen (secondary N) is 1. The number of piperazine rings is 1. The molecule has 5 nitrogen and oxygen atoms in total. The molecule has 1 aliphatic heterocycles. The van der Waals surface area contributed by atoms with Crippen molar-refractivity contribution >= 4 is 21.9 Å². The van der Waals surface area contributed by atoms with Gasteiger partial charge in [-0.3, -0.25) is 9.69 Å². The van der Waals surface area contributed by atoms with E-state index in [1.807, 2.05) is 23.1 Å². The van der Waals surface area contributed by atoms with Gasteiger partial charge in [0.2, 0.25) is 0 Å². The highest BCUT2D eigenvalue weighted by Crippen LogP contribution is 2.26. The van der Waals surface area contributed by atoms with E-state index in [1.54, 1.807) is 7.11 Å². The van der Waals surface area contributed by atoms with Crippen molar-refractivity contribution in [3.8, 4) is 5.75 Å². The number of carboxylic acid groups (broad SMARTS) is 1. The van der Waals surface area contributed by atoms with Crippen molar-refractivity contribution in [2.45, 2.75) is 12.6 Å². The fourth-order valence-electron chi connectivity index (χ4n) is 2.22. The van der Waals surface area contributed by atoms with Crippen LogP contribution in [0.3, 0.4) is 0 Å². The number of methoxy groups -OCH3 is 1. The van der Waals surface area contributed by atoms with Gasteiger partial charge in [0.1, 0.15) is 11.8 Å². The maximum Gasteiger partial charge on any atom is 0.322 e. The van der Waals surface area contributed by atoms with E-state index in [2.05, 4.69) is 21.2 Å². The van der Waals surface area contributed by atoms with Gasteiger partial charge in [-0.15, -0.1) is 0 Å². The van der Waals surface area contributed by atoms with Gasteiger partial charge in [-0.05, 0) is 33.6 Å². The van der Waals surface area contributed by atoms with Crippen LogP contribution in [0.2, 0.25) is 0 Å². The van der Waals surface area contributed by atoms with Crippen LogP contribution in [0.15, 0.2) is 22.7 Å². The lowest BCUT2D eigenvalue weighted by molar-refractivity contribution is -0.144. The van der Waals surface area contributed by atoms with Crippen LogP contribution in [0.5, 0.6) is 5.75 Å². The summed E-state index contributed by atoms with van der Waals surface area (Å²) in [6.07, 6.45) is 0. The minimum absolute atomic E-state index is 0.463. The molecule has 2 rings (SSSR count). The summed E-state index contributed by atoms with van der Waals surface area (Å²) in [5, 5.41) is 12.3. The lowest BCUT2D eigenvalue weighted by Crippen LogP contribution is -2.54. The van der Waals surface area contributed by atoms with Crippen molar-refractivity contribution in [2.75, 3.05) is 26.7 Å². The van der Waals surface area contributed by atoms with Gasteiger partial charge in [0.05, 0.1) is 11.6 Å². The number of aliphatic carboxylic acids is 1. The number of benzene rings is 1. The summed E-state index contributed by atoms with van der Waals surface area (Å²) < 4.78 is 6.07. The molecule has 1 aliphatic rings. The Morgan fingerprint density at radius 3 is 3.05 bits per heavy atom. The maximum atomic E-state index is 11.2. The normalized spacial score (nSPS) is 20.2. The number of carbonyl (C=O) groups is 1. The lowest BCUT2D eigenvalue weighted by atomic mass is 10.1. The molecule has 0 aliphatic carbocycles. The van der Waals surface area contributed by atoms with Crippen molar-refractivity contribution in [1.29, 1.82) is 0 Å². The lowest BCUT2D eigenvalue weighted by Gasteiger charge is -2.33. The Morgan fingerprint density at radius 2 is 2.42 bits per heavy atom. The summed E-state index contributed by atoms with van der Waals surface area (Å²) in [6.45, 7) is 2.68. The summed E-state index contributed by atoms with van der Waals surface area (Å²) in [5.74, 6) is -0.00128. The van der Waals surface area contributed by atoms with Crippen molar-refractivity contribution < 1.29 is 14.6 Å². The third-order valence-electron chi connectivity index (χ3n) is 3.24. The molecule has 0 bridgehead atoms. The van der Waals surface area contributed by atoms with E-state index in [-0.39, 0.29) is 0 Å². The highest BCUT2D eigenvalue weighted by molar-refractivity contribution is 9.10.